The van der Waals surface area contributed by atoms with Crippen molar-refractivity contribution in [2.75, 3.05) is 26.4 Å². The van der Waals surface area contributed by atoms with E-state index in [0.29, 0.717) is 60.9 Å². The zero-order valence-electron chi connectivity index (χ0n) is 21.7. The number of phenolic OH excluding ortho intramolecular Hbond substituents is 2. The number of hydrogen-bond acceptors (Lipinski definition) is 7. The number of unbranched alkanes of at least 4 members (excludes halogenated alkanes) is 4. The van der Waals surface area contributed by atoms with Crippen LogP contribution in [-0.2, 0) is 0 Å². The molecule has 35 heavy (non-hydrogen) atoms. The topological polar surface area (TPSA) is 86.6 Å². The van der Waals surface area contributed by atoms with E-state index < -0.39 is 0 Å². The molecule has 0 aromatic heterocycles. The maximum atomic E-state index is 10.5. The van der Waals surface area contributed by atoms with Crippen molar-refractivity contribution in [3.63, 3.8) is 0 Å². The van der Waals surface area contributed by atoms with Gasteiger partial charge in [-0.1, -0.05) is 53.4 Å². The summed E-state index contributed by atoms with van der Waals surface area (Å²) in [7, 11) is 0. The van der Waals surface area contributed by atoms with E-state index in [4.69, 9.17) is 23.7 Å². The Balaban J connectivity index is 2.42. The normalized spacial score (nSPS) is 10.7. The first-order chi connectivity index (χ1) is 17.0. The Hall–Kier alpha value is -2.96. The summed E-state index contributed by atoms with van der Waals surface area (Å²) < 4.78 is 29.7. The van der Waals surface area contributed by atoms with Crippen molar-refractivity contribution >= 4 is 0 Å². The summed E-state index contributed by atoms with van der Waals surface area (Å²) in [6.07, 6.45) is 7.40. The molecule has 0 radical (unpaired) electrons. The maximum absolute atomic E-state index is 10.5. The fourth-order valence-electron chi connectivity index (χ4n) is 3.10. The SMILES string of the molecule is CCCCOc1cc(Oc2cc(OCCCC)c(O)cc2OCCCC)c(OCCCC)cc1O. The van der Waals surface area contributed by atoms with Gasteiger partial charge in [-0.25, -0.2) is 0 Å². The minimum atomic E-state index is -0.00587. The van der Waals surface area contributed by atoms with E-state index in [-0.39, 0.29) is 11.5 Å². The number of aromatic hydroxyl groups is 2. The Morgan fingerprint density at radius 1 is 0.457 bits per heavy atom. The highest BCUT2D eigenvalue weighted by Crippen LogP contribution is 2.46. The summed E-state index contributed by atoms with van der Waals surface area (Å²) in [6, 6.07) is 6.30. The third kappa shape index (κ3) is 9.30. The predicted octanol–water partition coefficient (Wildman–Crippen LogP) is 7.61. The molecule has 0 aliphatic rings. The van der Waals surface area contributed by atoms with E-state index in [9.17, 15) is 10.2 Å². The Bertz CT molecular complexity index is 811. The van der Waals surface area contributed by atoms with Crippen molar-refractivity contribution in [1.29, 1.82) is 0 Å². The molecule has 0 amide bonds. The van der Waals surface area contributed by atoms with Gasteiger partial charge in [0.05, 0.1) is 26.4 Å². The van der Waals surface area contributed by atoms with Crippen LogP contribution in [0.3, 0.4) is 0 Å². The van der Waals surface area contributed by atoms with Crippen LogP contribution in [0, 0.1) is 0 Å². The van der Waals surface area contributed by atoms with Crippen LogP contribution in [0.5, 0.6) is 46.0 Å². The average Bonchev–Trinajstić information content (AvgIpc) is 2.84. The second-order valence-electron chi connectivity index (χ2n) is 8.44. The summed E-state index contributed by atoms with van der Waals surface area (Å²) in [5.74, 6) is 2.21. The number of hydrogen-bond donors (Lipinski definition) is 2. The van der Waals surface area contributed by atoms with E-state index in [1.54, 1.807) is 12.1 Å². The van der Waals surface area contributed by atoms with E-state index in [1.165, 1.54) is 12.1 Å². The van der Waals surface area contributed by atoms with Gasteiger partial charge in [0.1, 0.15) is 0 Å². The van der Waals surface area contributed by atoms with Gasteiger partial charge in [0.25, 0.3) is 0 Å². The van der Waals surface area contributed by atoms with Crippen LogP contribution < -0.4 is 23.7 Å². The lowest BCUT2D eigenvalue weighted by Gasteiger charge is -2.19. The van der Waals surface area contributed by atoms with Gasteiger partial charge in [-0.2, -0.15) is 0 Å². The Morgan fingerprint density at radius 2 is 0.771 bits per heavy atom. The fourth-order valence-corrected chi connectivity index (χ4v) is 3.10. The van der Waals surface area contributed by atoms with Crippen LogP contribution in [0.25, 0.3) is 0 Å². The molecule has 196 valence electrons. The quantitative estimate of drug-likeness (QED) is 0.208. The molecule has 0 heterocycles. The summed E-state index contributed by atoms with van der Waals surface area (Å²) in [5, 5.41) is 21.0. The molecule has 0 saturated carbocycles. The minimum Gasteiger partial charge on any atom is -0.504 e. The first-order valence-electron chi connectivity index (χ1n) is 13.0. The highest BCUT2D eigenvalue weighted by Gasteiger charge is 2.19. The van der Waals surface area contributed by atoms with Crippen molar-refractivity contribution in [3.8, 4) is 46.0 Å². The molecule has 0 spiro atoms. The van der Waals surface area contributed by atoms with Crippen molar-refractivity contribution in [2.24, 2.45) is 0 Å². The number of ether oxygens (including phenoxy) is 5. The maximum Gasteiger partial charge on any atom is 0.173 e. The summed E-state index contributed by atoms with van der Waals surface area (Å²) in [6.45, 7) is 10.3. The third-order valence-electron chi connectivity index (χ3n) is 5.29. The van der Waals surface area contributed by atoms with Crippen LogP contribution >= 0.6 is 0 Å². The molecule has 2 aromatic rings. The molecular weight excluding hydrogens is 448 g/mol. The van der Waals surface area contributed by atoms with Gasteiger partial charge < -0.3 is 33.9 Å². The molecule has 0 saturated heterocycles. The molecule has 0 bridgehead atoms. The van der Waals surface area contributed by atoms with Gasteiger partial charge in [0.2, 0.25) is 0 Å². The van der Waals surface area contributed by atoms with Gasteiger partial charge >= 0.3 is 0 Å². The van der Waals surface area contributed by atoms with Crippen LogP contribution in [0.15, 0.2) is 24.3 Å². The van der Waals surface area contributed by atoms with Crippen LogP contribution in [0.4, 0.5) is 0 Å². The molecule has 2 aromatic carbocycles. The lowest BCUT2D eigenvalue weighted by atomic mass is 10.2. The first-order valence-corrected chi connectivity index (χ1v) is 13.0. The zero-order chi connectivity index (χ0) is 25.5. The van der Waals surface area contributed by atoms with E-state index in [2.05, 4.69) is 27.7 Å². The van der Waals surface area contributed by atoms with Crippen molar-refractivity contribution in [1.82, 2.24) is 0 Å². The van der Waals surface area contributed by atoms with Gasteiger partial charge in [-0.05, 0) is 25.7 Å². The smallest absolute Gasteiger partial charge is 0.173 e. The summed E-state index contributed by atoms with van der Waals surface area (Å²) >= 11 is 0. The highest BCUT2D eigenvalue weighted by molar-refractivity contribution is 5.59. The van der Waals surface area contributed by atoms with Crippen molar-refractivity contribution < 1.29 is 33.9 Å². The zero-order valence-corrected chi connectivity index (χ0v) is 21.7. The van der Waals surface area contributed by atoms with Crippen LogP contribution in [0.1, 0.15) is 79.1 Å². The van der Waals surface area contributed by atoms with Gasteiger partial charge in [0.15, 0.2) is 46.0 Å². The summed E-state index contributed by atoms with van der Waals surface area (Å²) in [4.78, 5) is 0. The standard InChI is InChI=1S/C28H42O7/c1-5-9-13-31-23-19-27(25(17-21(23)29)33-15-11-7-3)35-28-20-24(32-14-10-6-2)22(30)18-26(28)34-16-12-8-4/h17-20,29-30H,5-16H2,1-4H3. The van der Waals surface area contributed by atoms with Gasteiger partial charge in [-0.3, -0.25) is 0 Å². The van der Waals surface area contributed by atoms with Crippen molar-refractivity contribution in [2.45, 2.75) is 79.1 Å². The van der Waals surface area contributed by atoms with Gasteiger partial charge in [0, 0.05) is 24.3 Å². The minimum absolute atomic E-state index is 0.00587. The van der Waals surface area contributed by atoms with E-state index >= 15 is 0 Å². The molecule has 7 nitrogen and oxygen atoms in total. The molecule has 0 fully saturated rings. The highest BCUT2D eigenvalue weighted by atomic mass is 16.5. The second kappa shape index (κ2) is 15.8. The van der Waals surface area contributed by atoms with E-state index in [1.807, 2.05) is 0 Å². The molecule has 0 aliphatic carbocycles. The molecule has 2 N–H and O–H groups in total. The Morgan fingerprint density at radius 3 is 1.09 bits per heavy atom. The van der Waals surface area contributed by atoms with E-state index in [0.717, 1.165) is 51.4 Å². The molecular formula is C28H42O7. The summed E-state index contributed by atoms with van der Waals surface area (Å²) in [5.41, 5.74) is 0. The second-order valence-corrected chi connectivity index (χ2v) is 8.44. The van der Waals surface area contributed by atoms with Gasteiger partial charge in [-0.15, -0.1) is 0 Å². The fraction of sp³-hybridized carbons (Fsp3) is 0.571. The number of benzene rings is 2. The molecule has 7 heteroatoms. The monoisotopic (exact) mass is 490 g/mol. The Kier molecular flexibility index (Phi) is 12.8. The number of phenols is 2. The first kappa shape index (κ1) is 28.3. The lowest BCUT2D eigenvalue weighted by Crippen LogP contribution is -2.03. The van der Waals surface area contributed by atoms with Crippen LogP contribution in [0.2, 0.25) is 0 Å². The predicted molar refractivity (Wildman–Crippen MR) is 138 cm³/mol. The number of rotatable bonds is 18. The third-order valence-corrected chi connectivity index (χ3v) is 5.29. The largest absolute Gasteiger partial charge is 0.504 e. The molecule has 0 aliphatic heterocycles. The Labute approximate surface area is 209 Å². The molecule has 0 unspecified atom stereocenters. The molecule has 0 atom stereocenters. The lowest BCUT2D eigenvalue weighted by molar-refractivity contribution is 0.266. The molecule has 2 rings (SSSR count). The van der Waals surface area contributed by atoms with Crippen molar-refractivity contribution in [3.05, 3.63) is 24.3 Å². The van der Waals surface area contributed by atoms with Crippen LogP contribution in [-0.4, -0.2) is 36.6 Å². The average molecular weight is 491 g/mol.